The molecule has 0 radical (unpaired) electrons. The number of nitrogens with one attached hydrogen (secondary N) is 1. The maximum absolute atomic E-state index is 12.2. The first-order valence-electron chi connectivity index (χ1n) is 9.24. The summed E-state index contributed by atoms with van der Waals surface area (Å²) >= 11 is 5.92. The molecule has 1 N–H and O–H groups in total. The quantitative estimate of drug-likeness (QED) is 0.773. The summed E-state index contributed by atoms with van der Waals surface area (Å²) in [5.41, 5.74) is 1.04. The van der Waals surface area contributed by atoms with Crippen molar-refractivity contribution < 1.29 is 19.1 Å². The lowest BCUT2D eigenvalue weighted by Gasteiger charge is -2.36. The number of benzene rings is 1. The maximum atomic E-state index is 12.2. The molecule has 26 heavy (non-hydrogen) atoms. The second-order valence-corrected chi connectivity index (χ2v) is 7.67. The van der Waals surface area contributed by atoms with Gasteiger partial charge in [-0.25, -0.2) is 0 Å². The average Bonchev–Trinajstić information content (AvgIpc) is 2.59. The molecule has 0 heterocycles. The Hall–Kier alpha value is -1.88. The van der Waals surface area contributed by atoms with E-state index in [0.717, 1.165) is 24.8 Å². The topological polar surface area (TPSA) is 72.5 Å². The minimum absolute atomic E-state index is 0.00609. The summed E-state index contributed by atoms with van der Waals surface area (Å²) in [5.74, 6) is -0.577. The summed E-state index contributed by atoms with van der Waals surface area (Å²) in [6, 6.07) is 7.47. The molecule has 1 amide bonds. The van der Waals surface area contributed by atoms with Gasteiger partial charge in [0, 0.05) is 23.4 Å². The van der Waals surface area contributed by atoms with Gasteiger partial charge in [0.1, 0.15) is 5.78 Å². The van der Waals surface area contributed by atoms with Gasteiger partial charge in [-0.15, -0.1) is 0 Å². The molecule has 2 bridgehead atoms. The van der Waals surface area contributed by atoms with Crippen LogP contribution in [0.4, 0.5) is 0 Å². The van der Waals surface area contributed by atoms with E-state index in [0.29, 0.717) is 36.6 Å². The Morgan fingerprint density at radius 3 is 2.62 bits per heavy atom. The molecular weight excluding hydrogens is 354 g/mol. The van der Waals surface area contributed by atoms with Gasteiger partial charge in [0.15, 0.2) is 6.61 Å². The van der Waals surface area contributed by atoms with Gasteiger partial charge in [0.05, 0.1) is 5.92 Å². The van der Waals surface area contributed by atoms with Gasteiger partial charge in [-0.05, 0) is 49.8 Å². The number of hydrogen-bond acceptors (Lipinski definition) is 4. The fourth-order valence-electron chi connectivity index (χ4n) is 4.02. The van der Waals surface area contributed by atoms with E-state index in [1.54, 1.807) is 6.07 Å². The van der Waals surface area contributed by atoms with Crippen molar-refractivity contribution in [2.75, 3.05) is 13.2 Å². The fourth-order valence-corrected chi connectivity index (χ4v) is 4.23. The second kappa shape index (κ2) is 8.67. The van der Waals surface area contributed by atoms with E-state index >= 15 is 0 Å². The van der Waals surface area contributed by atoms with Gasteiger partial charge in [-0.3, -0.25) is 14.4 Å². The number of ether oxygens (including phenoxy) is 1. The van der Waals surface area contributed by atoms with Crippen molar-refractivity contribution in [2.24, 2.45) is 17.8 Å². The zero-order chi connectivity index (χ0) is 18.5. The van der Waals surface area contributed by atoms with Gasteiger partial charge >= 0.3 is 5.97 Å². The number of hydrogen-bond donors (Lipinski definition) is 1. The highest BCUT2D eigenvalue weighted by Gasteiger charge is 2.41. The number of esters is 1. The summed E-state index contributed by atoms with van der Waals surface area (Å²) in [6.45, 7) is 0.187. The number of ketones is 1. The number of rotatable bonds is 6. The van der Waals surface area contributed by atoms with Crippen LogP contribution >= 0.6 is 11.6 Å². The van der Waals surface area contributed by atoms with Crippen LogP contribution in [0, 0.1) is 17.8 Å². The molecule has 0 spiro atoms. The summed E-state index contributed by atoms with van der Waals surface area (Å²) in [6.07, 6.45) is 4.63. The number of halogens is 1. The third-order valence-corrected chi connectivity index (χ3v) is 5.59. The highest BCUT2D eigenvalue weighted by atomic mass is 35.5. The molecule has 140 valence electrons. The molecule has 0 aliphatic heterocycles. The molecule has 2 aliphatic rings. The van der Waals surface area contributed by atoms with Crippen molar-refractivity contribution in [3.05, 3.63) is 34.9 Å². The standard InChI is InChI=1S/C20H24ClNO4/c21-17-6-1-3-13(9-17)7-8-22-18(23)12-26-20(25)16-10-14-4-2-5-15(11-16)19(14)24/h1,3,6,9,14-16H,2,4-5,7-8,10-12H2,(H,22,23)/t14-,15-/m1/s1. The van der Waals surface area contributed by atoms with Crippen molar-refractivity contribution in [3.63, 3.8) is 0 Å². The number of fused-ring (bicyclic) bond motifs is 2. The first kappa shape index (κ1) is 18.9. The highest BCUT2D eigenvalue weighted by Crippen LogP contribution is 2.40. The monoisotopic (exact) mass is 377 g/mol. The largest absolute Gasteiger partial charge is 0.455 e. The number of amides is 1. The molecule has 5 nitrogen and oxygen atoms in total. The molecule has 0 unspecified atom stereocenters. The average molecular weight is 378 g/mol. The van der Waals surface area contributed by atoms with Crippen molar-refractivity contribution in [1.82, 2.24) is 5.32 Å². The molecular formula is C20H24ClNO4. The molecule has 0 aromatic heterocycles. The van der Waals surface area contributed by atoms with Gasteiger partial charge in [-0.2, -0.15) is 0 Å². The number of carbonyl (C=O) groups excluding carboxylic acids is 3. The van der Waals surface area contributed by atoms with E-state index in [4.69, 9.17) is 16.3 Å². The minimum Gasteiger partial charge on any atom is -0.455 e. The van der Waals surface area contributed by atoms with Crippen LogP contribution < -0.4 is 5.32 Å². The molecule has 2 saturated carbocycles. The molecule has 1 aromatic carbocycles. The van der Waals surface area contributed by atoms with Crippen molar-refractivity contribution in [1.29, 1.82) is 0 Å². The molecule has 2 aliphatic carbocycles. The normalized spacial score (nSPS) is 24.8. The fraction of sp³-hybridized carbons (Fsp3) is 0.550. The van der Waals surface area contributed by atoms with Gasteiger partial charge in [-0.1, -0.05) is 30.2 Å². The van der Waals surface area contributed by atoms with Crippen LogP contribution in [0.2, 0.25) is 5.02 Å². The summed E-state index contributed by atoms with van der Waals surface area (Å²) < 4.78 is 5.18. The Morgan fingerprint density at radius 1 is 1.19 bits per heavy atom. The number of Topliss-reactive ketones (excluding diaryl/α,β-unsaturated/α-hetero) is 1. The van der Waals surface area contributed by atoms with Crippen LogP contribution in [0.15, 0.2) is 24.3 Å². The van der Waals surface area contributed by atoms with Crippen molar-refractivity contribution in [2.45, 2.75) is 38.5 Å². The third-order valence-electron chi connectivity index (χ3n) is 5.35. The maximum Gasteiger partial charge on any atom is 0.309 e. The molecule has 1 aromatic rings. The van der Waals surface area contributed by atoms with E-state index in [-0.39, 0.29) is 36.2 Å². The van der Waals surface area contributed by atoms with Crippen molar-refractivity contribution in [3.8, 4) is 0 Å². The van der Waals surface area contributed by atoms with Crippen LogP contribution in [-0.4, -0.2) is 30.8 Å². The lowest BCUT2D eigenvalue weighted by molar-refractivity contribution is -0.156. The number of carbonyl (C=O) groups is 3. The first-order chi connectivity index (χ1) is 12.5. The zero-order valence-corrected chi connectivity index (χ0v) is 15.5. The van der Waals surface area contributed by atoms with E-state index in [9.17, 15) is 14.4 Å². The molecule has 2 fully saturated rings. The van der Waals surface area contributed by atoms with Gasteiger partial charge in [0.2, 0.25) is 0 Å². The van der Waals surface area contributed by atoms with E-state index in [1.165, 1.54) is 0 Å². The van der Waals surface area contributed by atoms with Crippen molar-refractivity contribution >= 4 is 29.3 Å². The smallest absolute Gasteiger partial charge is 0.309 e. The third kappa shape index (κ3) is 4.85. The Kier molecular flexibility index (Phi) is 6.30. The Morgan fingerprint density at radius 2 is 1.92 bits per heavy atom. The highest BCUT2D eigenvalue weighted by molar-refractivity contribution is 6.30. The summed E-state index contributed by atoms with van der Waals surface area (Å²) in [4.78, 5) is 36.2. The predicted molar refractivity (Wildman–Crippen MR) is 97.7 cm³/mol. The Balaban J connectivity index is 1.37. The van der Waals surface area contributed by atoms with Crippen LogP contribution in [-0.2, 0) is 25.5 Å². The minimum atomic E-state index is -0.348. The van der Waals surface area contributed by atoms with Gasteiger partial charge in [0.25, 0.3) is 5.91 Å². The molecule has 3 rings (SSSR count). The van der Waals surface area contributed by atoms with Crippen LogP contribution in [0.25, 0.3) is 0 Å². The molecule has 2 atom stereocenters. The lowest BCUT2D eigenvalue weighted by Crippen LogP contribution is -2.40. The summed E-state index contributed by atoms with van der Waals surface area (Å²) in [7, 11) is 0. The second-order valence-electron chi connectivity index (χ2n) is 7.23. The molecule has 0 saturated heterocycles. The molecule has 6 heteroatoms. The SMILES string of the molecule is O=C(COC(=O)C1C[C@H]2CCC[C@H](C1)C2=O)NCCc1cccc(Cl)c1. The van der Waals surface area contributed by atoms with Crippen LogP contribution in [0.1, 0.15) is 37.7 Å². The first-order valence-corrected chi connectivity index (χ1v) is 9.62. The van der Waals surface area contributed by atoms with Gasteiger partial charge < -0.3 is 10.1 Å². The predicted octanol–water partition coefficient (Wildman–Crippen LogP) is 2.94. The summed E-state index contributed by atoms with van der Waals surface area (Å²) in [5, 5.41) is 3.41. The van der Waals surface area contributed by atoms with E-state index in [2.05, 4.69) is 5.32 Å². The van der Waals surface area contributed by atoms with E-state index < -0.39 is 0 Å². The van der Waals surface area contributed by atoms with Crippen LogP contribution in [0.5, 0.6) is 0 Å². The Labute approximate surface area is 158 Å². The zero-order valence-electron chi connectivity index (χ0n) is 14.7. The lowest BCUT2D eigenvalue weighted by atomic mass is 9.67. The van der Waals surface area contributed by atoms with E-state index in [1.807, 2.05) is 18.2 Å². The Bertz CT molecular complexity index is 674. The van der Waals surface area contributed by atoms with Crippen LogP contribution in [0.3, 0.4) is 0 Å².